The van der Waals surface area contributed by atoms with Crippen molar-refractivity contribution in [3.63, 3.8) is 0 Å². The fourth-order valence-corrected chi connectivity index (χ4v) is 3.52. The van der Waals surface area contributed by atoms with Crippen molar-refractivity contribution in [1.82, 2.24) is 5.32 Å². The normalized spacial score (nSPS) is 15.9. The summed E-state index contributed by atoms with van der Waals surface area (Å²) < 4.78 is 24.2. The molecule has 0 spiro atoms. The van der Waals surface area contributed by atoms with Gasteiger partial charge < -0.3 is 14.8 Å². The zero-order valence-corrected chi connectivity index (χ0v) is 15.7. The first-order valence-electron chi connectivity index (χ1n) is 9.43. The fourth-order valence-electron chi connectivity index (χ4n) is 3.52. The van der Waals surface area contributed by atoms with Gasteiger partial charge in [0, 0.05) is 25.2 Å². The van der Waals surface area contributed by atoms with E-state index in [4.69, 9.17) is 9.47 Å². The molecule has 0 atom stereocenters. The quantitative estimate of drug-likeness (QED) is 0.808. The van der Waals surface area contributed by atoms with Crippen LogP contribution in [0.3, 0.4) is 0 Å². The summed E-state index contributed by atoms with van der Waals surface area (Å²) in [7, 11) is 0. The number of nitrogens with one attached hydrogen (secondary N) is 1. The van der Waals surface area contributed by atoms with Crippen molar-refractivity contribution < 1.29 is 18.7 Å². The highest BCUT2D eigenvalue weighted by Gasteiger charge is 2.34. The fraction of sp³-hybridized carbons (Fsp3) is 0.409. The largest absolute Gasteiger partial charge is 0.494 e. The van der Waals surface area contributed by atoms with E-state index in [0.29, 0.717) is 32.8 Å². The zero-order valence-electron chi connectivity index (χ0n) is 15.7. The number of ether oxygens (including phenoxy) is 2. The Kier molecular flexibility index (Phi) is 6.45. The summed E-state index contributed by atoms with van der Waals surface area (Å²) in [5.74, 6) is 0.534. The lowest BCUT2D eigenvalue weighted by Crippen LogP contribution is -2.45. The second-order valence-corrected chi connectivity index (χ2v) is 6.93. The smallest absolute Gasteiger partial charge is 0.224 e. The van der Waals surface area contributed by atoms with E-state index < -0.39 is 0 Å². The van der Waals surface area contributed by atoms with Gasteiger partial charge in [0.2, 0.25) is 5.91 Å². The Bertz CT molecular complexity index is 737. The van der Waals surface area contributed by atoms with Crippen LogP contribution < -0.4 is 10.1 Å². The van der Waals surface area contributed by atoms with Crippen molar-refractivity contribution in [1.29, 1.82) is 0 Å². The SMILES string of the molecule is CCOc1ccc(CC(=O)NCC2(c3ccc(F)cc3)CCOCC2)cc1. The highest BCUT2D eigenvalue weighted by atomic mass is 19.1. The Morgan fingerprint density at radius 2 is 1.78 bits per heavy atom. The monoisotopic (exact) mass is 371 g/mol. The van der Waals surface area contributed by atoms with Gasteiger partial charge in [0.05, 0.1) is 13.0 Å². The van der Waals surface area contributed by atoms with Gasteiger partial charge in [-0.05, 0) is 55.2 Å². The summed E-state index contributed by atoms with van der Waals surface area (Å²) in [5.41, 5.74) is 1.78. The summed E-state index contributed by atoms with van der Waals surface area (Å²) >= 11 is 0. The number of hydrogen-bond acceptors (Lipinski definition) is 3. The van der Waals surface area contributed by atoms with E-state index in [1.54, 1.807) is 0 Å². The van der Waals surface area contributed by atoms with E-state index >= 15 is 0 Å². The van der Waals surface area contributed by atoms with Crippen LogP contribution in [-0.4, -0.2) is 32.3 Å². The van der Waals surface area contributed by atoms with Crippen LogP contribution in [0.5, 0.6) is 5.75 Å². The van der Waals surface area contributed by atoms with Crippen LogP contribution in [0, 0.1) is 5.82 Å². The maximum Gasteiger partial charge on any atom is 0.224 e. The minimum Gasteiger partial charge on any atom is -0.494 e. The Morgan fingerprint density at radius 3 is 2.41 bits per heavy atom. The van der Waals surface area contributed by atoms with E-state index in [-0.39, 0.29) is 17.1 Å². The van der Waals surface area contributed by atoms with Gasteiger partial charge in [-0.1, -0.05) is 24.3 Å². The number of amides is 1. The third kappa shape index (κ3) is 5.07. The lowest BCUT2D eigenvalue weighted by molar-refractivity contribution is -0.120. The lowest BCUT2D eigenvalue weighted by Gasteiger charge is -2.38. The number of halogens is 1. The topological polar surface area (TPSA) is 47.6 Å². The molecule has 27 heavy (non-hydrogen) atoms. The average molecular weight is 371 g/mol. The van der Waals surface area contributed by atoms with Gasteiger partial charge in [0.1, 0.15) is 11.6 Å². The Labute approximate surface area is 159 Å². The first-order valence-corrected chi connectivity index (χ1v) is 9.43. The van der Waals surface area contributed by atoms with Crippen molar-refractivity contribution in [3.8, 4) is 5.75 Å². The minimum absolute atomic E-state index is 0.0212. The molecule has 1 heterocycles. The molecular weight excluding hydrogens is 345 g/mol. The molecule has 5 heteroatoms. The molecule has 0 bridgehead atoms. The van der Waals surface area contributed by atoms with Crippen molar-refractivity contribution in [3.05, 3.63) is 65.5 Å². The van der Waals surface area contributed by atoms with Crippen LogP contribution in [0.15, 0.2) is 48.5 Å². The molecule has 3 rings (SSSR count). The van der Waals surface area contributed by atoms with Gasteiger partial charge in [-0.25, -0.2) is 4.39 Å². The molecule has 144 valence electrons. The molecule has 0 radical (unpaired) electrons. The number of benzene rings is 2. The van der Waals surface area contributed by atoms with Crippen LogP contribution in [0.25, 0.3) is 0 Å². The van der Waals surface area contributed by atoms with Crippen molar-refractivity contribution in [2.75, 3.05) is 26.4 Å². The molecule has 0 unspecified atom stereocenters. The summed E-state index contributed by atoms with van der Waals surface area (Å²) in [5, 5.41) is 3.08. The number of carbonyl (C=O) groups excluding carboxylic acids is 1. The molecule has 1 aliphatic heterocycles. The number of carbonyl (C=O) groups is 1. The summed E-state index contributed by atoms with van der Waals surface area (Å²) in [4.78, 5) is 12.5. The Balaban J connectivity index is 1.62. The molecule has 1 aliphatic rings. The van der Waals surface area contributed by atoms with Crippen molar-refractivity contribution in [2.24, 2.45) is 0 Å². The predicted octanol–water partition coefficient (Wildman–Crippen LogP) is 3.63. The number of rotatable bonds is 7. The van der Waals surface area contributed by atoms with Gasteiger partial charge in [-0.3, -0.25) is 4.79 Å². The van der Waals surface area contributed by atoms with Gasteiger partial charge in [0.25, 0.3) is 0 Å². The lowest BCUT2D eigenvalue weighted by atomic mass is 9.74. The molecule has 0 aromatic heterocycles. The van der Waals surface area contributed by atoms with Crippen molar-refractivity contribution in [2.45, 2.75) is 31.6 Å². The van der Waals surface area contributed by atoms with Gasteiger partial charge in [-0.2, -0.15) is 0 Å². The van der Waals surface area contributed by atoms with E-state index in [1.165, 1.54) is 12.1 Å². The van der Waals surface area contributed by atoms with Crippen LogP contribution in [0.1, 0.15) is 30.9 Å². The Morgan fingerprint density at radius 1 is 1.11 bits per heavy atom. The summed E-state index contributed by atoms with van der Waals surface area (Å²) in [6, 6.07) is 14.2. The van der Waals surface area contributed by atoms with Gasteiger partial charge >= 0.3 is 0 Å². The second kappa shape index (κ2) is 9.00. The molecule has 4 nitrogen and oxygen atoms in total. The molecule has 2 aromatic carbocycles. The molecule has 0 aliphatic carbocycles. The van der Waals surface area contributed by atoms with Crippen LogP contribution in [-0.2, 0) is 21.4 Å². The summed E-state index contributed by atoms with van der Waals surface area (Å²) in [6.45, 7) is 4.37. The van der Waals surface area contributed by atoms with Gasteiger partial charge in [-0.15, -0.1) is 0 Å². The first kappa shape index (κ1) is 19.4. The zero-order chi connectivity index (χ0) is 19.1. The molecular formula is C22H26FNO3. The highest BCUT2D eigenvalue weighted by Crippen LogP contribution is 2.34. The molecule has 0 saturated carbocycles. The van der Waals surface area contributed by atoms with Crippen LogP contribution >= 0.6 is 0 Å². The van der Waals surface area contributed by atoms with E-state index in [2.05, 4.69) is 5.32 Å². The highest BCUT2D eigenvalue weighted by molar-refractivity contribution is 5.78. The summed E-state index contributed by atoms with van der Waals surface area (Å²) in [6.07, 6.45) is 1.94. The maximum atomic E-state index is 13.3. The van der Waals surface area contributed by atoms with Crippen LogP contribution in [0.2, 0.25) is 0 Å². The molecule has 1 fully saturated rings. The molecule has 1 N–H and O–H groups in total. The number of hydrogen-bond donors (Lipinski definition) is 1. The maximum absolute atomic E-state index is 13.3. The average Bonchev–Trinajstić information content (AvgIpc) is 2.69. The Hall–Kier alpha value is -2.40. The van der Waals surface area contributed by atoms with Gasteiger partial charge in [0.15, 0.2) is 0 Å². The van der Waals surface area contributed by atoms with E-state index in [9.17, 15) is 9.18 Å². The minimum atomic E-state index is -0.250. The van der Waals surface area contributed by atoms with Crippen molar-refractivity contribution >= 4 is 5.91 Å². The molecule has 2 aromatic rings. The first-order chi connectivity index (χ1) is 13.1. The standard InChI is InChI=1S/C22H26FNO3/c1-2-27-20-9-3-17(4-10-20)15-21(25)24-16-22(11-13-26-14-12-22)18-5-7-19(23)8-6-18/h3-10H,2,11-16H2,1H3,(H,24,25). The third-order valence-electron chi connectivity index (χ3n) is 5.13. The third-order valence-corrected chi connectivity index (χ3v) is 5.13. The van der Waals surface area contributed by atoms with Crippen LogP contribution in [0.4, 0.5) is 4.39 Å². The molecule has 1 saturated heterocycles. The van der Waals surface area contributed by atoms with E-state index in [0.717, 1.165) is 29.7 Å². The second-order valence-electron chi connectivity index (χ2n) is 6.93. The molecule has 1 amide bonds. The predicted molar refractivity (Wildman–Crippen MR) is 102 cm³/mol. The van der Waals surface area contributed by atoms with E-state index in [1.807, 2.05) is 43.3 Å².